The highest BCUT2D eigenvalue weighted by Gasteiger charge is 2.38. The lowest BCUT2D eigenvalue weighted by atomic mass is 10.1. The third-order valence-corrected chi connectivity index (χ3v) is 6.88. The predicted molar refractivity (Wildman–Crippen MR) is 138 cm³/mol. The average molecular weight is 554 g/mol. The van der Waals surface area contributed by atoms with Gasteiger partial charge in [-0.3, -0.25) is 9.59 Å². The summed E-state index contributed by atoms with van der Waals surface area (Å²) in [4.78, 5) is 30.8. The van der Waals surface area contributed by atoms with Crippen LogP contribution in [-0.4, -0.2) is 49.5 Å². The molecule has 0 bridgehead atoms. The number of hydrogen-bond donors (Lipinski definition) is 2. The molecule has 2 heterocycles. The number of hydrogen-bond acceptors (Lipinski definition) is 8. The van der Waals surface area contributed by atoms with E-state index in [1.807, 2.05) is 6.92 Å². The fourth-order valence-corrected chi connectivity index (χ4v) is 4.88. The topological polar surface area (TPSA) is 130 Å². The van der Waals surface area contributed by atoms with Crippen LogP contribution in [0.5, 0.6) is 0 Å². The largest absolute Gasteiger partial charge is 0.365 e. The minimum absolute atomic E-state index is 0.0129. The van der Waals surface area contributed by atoms with E-state index in [4.69, 9.17) is 27.4 Å². The zero-order valence-electron chi connectivity index (χ0n) is 19.8. The SMILES string of the molecule is Cc1cc(Cl)cc(C(=O)NC(C)C2CC2)c1NC(=O)C1CC(OS(C)(=O)=O)=NN1c1ncccc1Cl. The van der Waals surface area contributed by atoms with Crippen LogP contribution < -0.4 is 15.6 Å². The number of pyridine rings is 1. The summed E-state index contributed by atoms with van der Waals surface area (Å²) in [6.07, 6.45) is 4.30. The van der Waals surface area contributed by atoms with Gasteiger partial charge in [-0.05, 0) is 62.4 Å². The van der Waals surface area contributed by atoms with Crippen molar-refractivity contribution in [1.82, 2.24) is 10.3 Å². The molecule has 13 heteroatoms. The molecule has 192 valence electrons. The van der Waals surface area contributed by atoms with Gasteiger partial charge in [-0.15, -0.1) is 5.10 Å². The fourth-order valence-electron chi connectivity index (χ4n) is 3.95. The number of carbonyl (C=O) groups is 2. The van der Waals surface area contributed by atoms with E-state index >= 15 is 0 Å². The summed E-state index contributed by atoms with van der Waals surface area (Å²) in [5.74, 6) is -0.530. The summed E-state index contributed by atoms with van der Waals surface area (Å²) < 4.78 is 28.3. The van der Waals surface area contributed by atoms with E-state index in [9.17, 15) is 18.0 Å². The predicted octanol–water partition coefficient (Wildman–Crippen LogP) is 3.73. The second-order valence-electron chi connectivity index (χ2n) is 8.89. The van der Waals surface area contributed by atoms with Crippen LogP contribution in [0.3, 0.4) is 0 Å². The normalized spacial score (nSPS) is 18.4. The highest BCUT2D eigenvalue weighted by atomic mass is 35.5. The standard InChI is InChI=1S/C23H25Cl2N5O5S/c1-12-9-15(24)10-16(22(31)27-13(2)14-6-7-14)20(12)28-23(32)18-11-19(35-36(3,33)34)29-30(18)21-17(25)5-4-8-26-21/h4-5,8-10,13-14,18H,6-7,11H2,1-3H3,(H,27,31)(H,28,32). The zero-order valence-corrected chi connectivity index (χ0v) is 22.1. The Morgan fingerprint density at radius 3 is 2.61 bits per heavy atom. The van der Waals surface area contributed by atoms with Gasteiger partial charge < -0.3 is 14.8 Å². The lowest BCUT2D eigenvalue weighted by Gasteiger charge is -2.23. The number of anilines is 2. The number of halogens is 2. The fraction of sp³-hybridized carbons (Fsp3) is 0.391. The van der Waals surface area contributed by atoms with E-state index < -0.39 is 22.1 Å². The number of nitrogens with zero attached hydrogens (tertiary/aromatic N) is 3. The Morgan fingerprint density at radius 2 is 1.97 bits per heavy atom. The van der Waals surface area contributed by atoms with E-state index in [1.165, 1.54) is 17.3 Å². The highest BCUT2D eigenvalue weighted by Crippen LogP contribution is 2.34. The van der Waals surface area contributed by atoms with Crippen LogP contribution in [0.4, 0.5) is 11.5 Å². The molecule has 0 saturated heterocycles. The van der Waals surface area contributed by atoms with Gasteiger partial charge in [0.25, 0.3) is 5.91 Å². The second-order valence-corrected chi connectivity index (χ2v) is 11.3. The van der Waals surface area contributed by atoms with Gasteiger partial charge in [0.05, 0.1) is 29.0 Å². The Kier molecular flexibility index (Phi) is 7.44. The highest BCUT2D eigenvalue weighted by molar-refractivity contribution is 7.86. The van der Waals surface area contributed by atoms with E-state index in [1.54, 1.807) is 25.1 Å². The first-order chi connectivity index (χ1) is 16.9. The molecular formula is C23H25Cl2N5O5S. The third-order valence-electron chi connectivity index (χ3n) is 5.87. The maximum absolute atomic E-state index is 13.5. The Balaban J connectivity index is 1.63. The molecule has 1 aromatic heterocycles. The van der Waals surface area contributed by atoms with E-state index in [2.05, 4.69) is 20.7 Å². The molecule has 1 aromatic carbocycles. The van der Waals surface area contributed by atoms with Crippen molar-refractivity contribution in [2.75, 3.05) is 16.6 Å². The minimum Gasteiger partial charge on any atom is -0.365 e. The lowest BCUT2D eigenvalue weighted by Crippen LogP contribution is -2.40. The average Bonchev–Trinajstić information content (AvgIpc) is 3.56. The van der Waals surface area contributed by atoms with Gasteiger partial charge in [-0.1, -0.05) is 23.2 Å². The molecule has 2 atom stereocenters. The van der Waals surface area contributed by atoms with Gasteiger partial charge in [0, 0.05) is 17.3 Å². The van der Waals surface area contributed by atoms with Crippen LogP contribution in [0.2, 0.25) is 10.0 Å². The van der Waals surface area contributed by atoms with E-state index in [0.29, 0.717) is 16.5 Å². The molecule has 1 aliphatic heterocycles. The maximum atomic E-state index is 13.5. The Bertz CT molecular complexity index is 1350. The minimum atomic E-state index is -3.88. The van der Waals surface area contributed by atoms with Crippen LogP contribution in [0, 0.1) is 12.8 Å². The van der Waals surface area contributed by atoms with Gasteiger partial charge in [0.15, 0.2) is 5.82 Å². The first kappa shape index (κ1) is 26.2. The molecule has 1 fully saturated rings. The molecule has 36 heavy (non-hydrogen) atoms. The molecule has 0 radical (unpaired) electrons. The Hall–Kier alpha value is -2.89. The van der Waals surface area contributed by atoms with Crippen LogP contribution in [0.15, 0.2) is 35.6 Å². The van der Waals surface area contributed by atoms with Crippen molar-refractivity contribution >= 4 is 62.5 Å². The summed E-state index contributed by atoms with van der Waals surface area (Å²) in [5.41, 5.74) is 1.08. The van der Waals surface area contributed by atoms with Crippen LogP contribution in [-0.2, 0) is 19.1 Å². The number of amides is 2. The summed E-state index contributed by atoms with van der Waals surface area (Å²) in [5, 5.41) is 11.7. The third kappa shape index (κ3) is 6.08. The lowest BCUT2D eigenvalue weighted by molar-refractivity contribution is -0.117. The van der Waals surface area contributed by atoms with Crippen LogP contribution in [0.1, 0.15) is 42.1 Å². The second kappa shape index (κ2) is 10.2. The van der Waals surface area contributed by atoms with Crippen molar-refractivity contribution in [3.8, 4) is 0 Å². The number of hydrazone groups is 1. The van der Waals surface area contributed by atoms with E-state index in [-0.39, 0.29) is 46.4 Å². The molecule has 1 saturated carbocycles. The van der Waals surface area contributed by atoms with E-state index in [0.717, 1.165) is 19.1 Å². The molecule has 2 N–H and O–H groups in total. The van der Waals surface area contributed by atoms with Crippen molar-refractivity contribution in [2.24, 2.45) is 11.0 Å². The number of nitrogens with one attached hydrogen (secondary N) is 2. The molecule has 1 aliphatic carbocycles. The van der Waals surface area contributed by atoms with Crippen LogP contribution >= 0.6 is 23.2 Å². The Morgan fingerprint density at radius 1 is 1.25 bits per heavy atom. The number of aromatic nitrogens is 1. The maximum Gasteiger partial charge on any atom is 0.307 e. The van der Waals surface area contributed by atoms with Gasteiger partial charge in [-0.25, -0.2) is 9.99 Å². The molecule has 2 unspecified atom stereocenters. The quantitative estimate of drug-likeness (QED) is 0.499. The zero-order chi connectivity index (χ0) is 26.2. The molecule has 2 aliphatic rings. The van der Waals surface area contributed by atoms with Gasteiger partial charge in [0.1, 0.15) is 6.04 Å². The summed E-state index contributed by atoms with van der Waals surface area (Å²) >= 11 is 12.5. The van der Waals surface area contributed by atoms with Crippen molar-refractivity contribution < 1.29 is 22.2 Å². The Labute approximate surface area is 219 Å². The first-order valence-electron chi connectivity index (χ1n) is 11.2. The molecule has 2 aromatic rings. The summed E-state index contributed by atoms with van der Waals surface area (Å²) in [7, 11) is -3.88. The van der Waals surface area contributed by atoms with Crippen molar-refractivity contribution in [2.45, 2.75) is 45.2 Å². The summed E-state index contributed by atoms with van der Waals surface area (Å²) in [6, 6.07) is 5.24. The molecular weight excluding hydrogens is 529 g/mol. The van der Waals surface area contributed by atoms with Crippen molar-refractivity contribution in [3.63, 3.8) is 0 Å². The van der Waals surface area contributed by atoms with Gasteiger partial charge >= 0.3 is 10.1 Å². The molecule has 2 amide bonds. The molecule has 4 rings (SSSR count). The van der Waals surface area contributed by atoms with Crippen molar-refractivity contribution in [1.29, 1.82) is 0 Å². The molecule has 10 nitrogen and oxygen atoms in total. The van der Waals surface area contributed by atoms with Crippen LogP contribution in [0.25, 0.3) is 0 Å². The number of carbonyl (C=O) groups excluding carboxylic acids is 2. The monoisotopic (exact) mass is 553 g/mol. The smallest absolute Gasteiger partial charge is 0.307 e. The number of benzene rings is 1. The summed E-state index contributed by atoms with van der Waals surface area (Å²) in [6.45, 7) is 3.66. The van der Waals surface area contributed by atoms with Gasteiger partial charge in [0.2, 0.25) is 11.8 Å². The number of rotatable bonds is 7. The number of aryl methyl sites for hydroxylation is 1. The first-order valence-corrected chi connectivity index (χ1v) is 13.8. The van der Waals surface area contributed by atoms with Crippen molar-refractivity contribution in [3.05, 3.63) is 51.6 Å². The molecule has 0 spiro atoms. The van der Waals surface area contributed by atoms with Gasteiger partial charge in [-0.2, -0.15) is 8.42 Å².